The van der Waals surface area contributed by atoms with E-state index in [-0.39, 0.29) is 41.6 Å². The lowest BCUT2D eigenvalue weighted by atomic mass is 10.2. The van der Waals surface area contributed by atoms with Crippen LogP contribution in [0.15, 0.2) is 27.2 Å². The van der Waals surface area contributed by atoms with Crippen molar-refractivity contribution >= 4 is 56.1 Å². The molecule has 1 amide bonds. The summed E-state index contributed by atoms with van der Waals surface area (Å²) >= 11 is 4.24. The van der Waals surface area contributed by atoms with Crippen molar-refractivity contribution in [3.63, 3.8) is 0 Å². The molecule has 0 radical (unpaired) electrons. The Morgan fingerprint density at radius 1 is 1.38 bits per heavy atom. The van der Waals surface area contributed by atoms with E-state index in [0.717, 1.165) is 4.88 Å². The molecule has 1 saturated heterocycles. The van der Waals surface area contributed by atoms with Gasteiger partial charge in [-0.25, -0.2) is 13.4 Å². The third-order valence-electron chi connectivity index (χ3n) is 4.36. The van der Waals surface area contributed by atoms with Gasteiger partial charge >= 0.3 is 5.97 Å². The Kier molecular flexibility index (Phi) is 7.72. The molecule has 7 nitrogen and oxygen atoms in total. The summed E-state index contributed by atoms with van der Waals surface area (Å²) in [7, 11) is -3.08. The highest BCUT2D eigenvalue weighted by atomic mass is 32.2. The van der Waals surface area contributed by atoms with Gasteiger partial charge in [-0.1, -0.05) is 17.8 Å². The fourth-order valence-electron chi connectivity index (χ4n) is 3.01. The van der Waals surface area contributed by atoms with E-state index >= 15 is 0 Å². The lowest BCUT2D eigenvalue weighted by molar-refractivity contribution is -0.142. The first-order valence-corrected chi connectivity index (χ1v) is 13.7. The van der Waals surface area contributed by atoms with Crippen molar-refractivity contribution in [1.82, 2.24) is 9.88 Å². The van der Waals surface area contributed by atoms with Crippen molar-refractivity contribution in [3.8, 4) is 0 Å². The van der Waals surface area contributed by atoms with E-state index in [0.29, 0.717) is 29.6 Å². The van der Waals surface area contributed by atoms with Gasteiger partial charge < -0.3 is 9.64 Å². The molecule has 2 aromatic heterocycles. The second kappa shape index (κ2) is 10.1. The molecule has 2 aromatic rings. The Morgan fingerprint density at radius 3 is 2.86 bits per heavy atom. The topological polar surface area (TPSA) is 93.6 Å². The van der Waals surface area contributed by atoms with Crippen molar-refractivity contribution in [2.75, 3.05) is 23.9 Å². The summed E-state index contributed by atoms with van der Waals surface area (Å²) in [6, 6.07) is 3.58. The molecule has 1 unspecified atom stereocenters. The van der Waals surface area contributed by atoms with E-state index in [2.05, 4.69) is 4.98 Å². The quantitative estimate of drug-likeness (QED) is 0.407. The number of esters is 1. The smallest absolute Gasteiger partial charge is 0.311 e. The summed E-state index contributed by atoms with van der Waals surface area (Å²) in [5.74, 6) is -0.102. The van der Waals surface area contributed by atoms with E-state index in [1.807, 2.05) is 17.5 Å². The SMILES string of the molecule is CCOC(=O)Cc1csc(SCC(=O)N(Cc2cccs2)C2CCS(=O)(=O)C2)n1. The van der Waals surface area contributed by atoms with Crippen LogP contribution in [0.3, 0.4) is 0 Å². The molecule has 1 aliphatic rings. The predicted molar refractivity (Wildman–Crippen MR) is 115 cm³/mol. The highest BCUT2D eigenvalue weighted by Crippen LogP contribution is 2.26. The van der Waals surface area contributed by atoms with Crippen molar-refractivity contribution in [2.45, 2.75) is 36.7 Å². The number of nitrogens with zero attached hydrogens (tertiary/aromatic N) is 2. The van der Waals surface area contributed by atoms with Crippen LogP contribution >= 0.6 is 34.4 Å². The number of rotatable bonds is 9. The molecule has 0 bridgehead atoms. The fraction of sp³-hybridized carbons (Fsp3) is 0.500. The van der Waals surface area contributed by atoms with Crippen LogP contribution in [0.2, 0.25) is 0 Å². The lowest BCUT2D eigenvalue weighted by Crippen LogP contribution is -2.41. The van der Waals surface area contributed by atoms with Crippen molar-refractivity contribution < 1.29 is 22.7 Å². The molecule has 3 rings (SSSR count). The zero-order valence-electron chi connectivity index (χ0n) is 15.9. The number of hydrogen-bond acceptors (Lipinski definition) is 9. The van der Waals surface area contributed by atoms with E-state index < -0.39 is 9.84 Å². The highest BCUT2D eigenvalue weighted by Gasteiger charge is 2.34. The van der Waals surface area contributed by atoms with Gasteiger partial charge in [-0.05, 0) is 24.8 Å². The lowest BCUT2D eigenvalue weighted by Gasteiger charge is -2.27. The van der Waals surface area contributed by atoms with Crippen molar-refractivity contribution in [3.05, 3.63) is 33.5 Å². The van der Waals surface area contributed by atoms with Gasteiger partial charge in [0.15, 0.2) is 14.2 Å². The number of thiazole rings is 1. The first kappa shape index (κ1) is 22.3. The molecular formula is C18H22N2O5S4. The summed E-state index contributed by atoms with van der Waals surface area (Å²) < 4.78 is 29.4. The maximum atomic E-state index is 12.9. The second-order valence-corrected chi connectivity index (χ2v) is 11.9. The minimum atomic E-state index is -3.08. The average Bonchev–Trinajstić information content (AvgIpc) is 3.39. The van der Waals surface area contributed by atoms with Crippen molar-refractivity contribution in [1.29, 1.82) is 0 Å². The van der Waals surface area contributed by atoms with Gasteiger partial charge in [0.2, 0.25) is 5.91 Å². The molecule has 0 N–H and O–H groups in total. The van der Waals surface area contributed by atoms with E-state index in [1.165, 1.54) is 23.1 Å². The molecule has 0 aliphatic carbocycles. The molecule has 29 heavy (non-hydrogen) atoms. The molecule has 158 valence electrons. The summed E-state index contributed by atoms with van der Waals surface area (Å²) in [6.07, 6.45) is 0.592. The van der Waals surface area contributed by atoms with Gasteiger partial charge in [0, 0.05) is 16.3 Å². The Labute approximate surface area is 182 Å². The minimum Gasteiger partial charge on any atom is -0.466 e. The number of sulfone groups is 1. The molecule has 0 aromatic carbocycles. The first-order valence-electron chi connectivity index (χ1n) is 9.11. The molecule has 1 aliphatic heterocycles. The maximum Gasteiger partial charge on any atom is 0.311 e. The van der Waals surface area contributed by atoms with Crippen LogP contribution in [0, 0.1) is 0 Å². The second-order valence-electron chi connectivity index (χ2n) is 6.53. The number of carbonyl (C=O) groups is 2. The van der Waals surface area contributed by atoms with Crippen LogP contribution < -0.4 is 0 Å². The number of ether oxygens (including phenoxy) is 1. The van der Waals surface area contributed by atoms with Crippen LogP contribution in [0.1, 0.15) is 23.9 Å². The number of amides is 1. The normalized spacial score (nSPS) is 17.9. The average molecular weight is 475 g/mol. The van der Waals surface area contributed by atoms with Crippen LogP contribution in [0.4, 0.5) is 0 Å². The monoisotopic (exact) mass is 474 g/mol. The number of aromatic nitrogens is 1. The van der Waals surface area contributed by atoms with Crippen LogP contribution in [0.5, 0.6) is 0 Å². The standard InChI is InChI=1S/C18H22N2O5S4/c1-2-25-17(22)8-13-10-27-18(19-13)28-11-16(21)20(9-15-4-3-6-26-15)14-5-7-29(23,24)12-14/h3-4,6,10,14H,2,5,7-9,11-12H2,1H3. The fourth-order valence-corrected chi connectivity index (χ4v) is 7.18. The molecular weight excluding hydrogens is 452 g/mol. The zero-order valence-corrected chi connectivity index (χ0v) is 19.2. The molecule has 3 heterocycles. The van der Waals surface area contributed by atoms with Gasteiger partial charge in [0.25, 0.3) is 0 Å². The van der Waals surface area contributed by atoms with E-state index in [9.17, 15) is 18.0 Å². The summed E-state index contributed by atoms with van der Waals surface area (Å²) in [4.78, 5) is 31.6. The number of thioether (sulfide) groups is 1. The Morgan fingerprint density at radius 2 is 2.21 bits per heavy atom. The van der Waals surface area contributed by atoms with Gasteiger partial charge in [-0.15, -0.1) is 22.7 Å². The third-order valence-corrected chi connectivity index (χ3v) is 9.02. The Bertz CT molecular complexity index is 939. The molecule has 0 saturated carbocycles. The summed E-state index contributed by atoms with van der Waals surface area (Å²) in [5, 5.41) is 3.73. The van der Waals surface area contributed by atoms with Crippen LogP contribution in [-0.2, 0) is 37.1 Å². The largest absolute Gasteiger partial charge is 0.466 e. The number of carbonyl (C=O) groups excluding carboxylic acids is 2. The van der Waals surface area contributed by atoms with Gasteiger partial charge in [0.05, 0.1) is 42.5 Å². The molecule has 11 heteroatoms. The van der Waals surface area contributed by atoms with E-state index in [4.69, 9.17) is 4.74 Å². The minimum absolute atomic E-state index is 0.0235. The third kappa shape index (κ3) is 6.53. The first-order chi connectivity index (χ1) is 13.9. The van der Waals surface area contributed by atoms with Gasteiger partial charge in [-0.2, -0.15) is 0 Å². The molecule has 0 spiro atoms. The maximum absolute atomic E-state index is 12.9. The zero-order chi connectivity index (χ0) is 20.9. The Balaban J connectivity index is 1.61. The van der Waals surface area contributed by atoms with Crippen LogP contribution in [0.25, 0.3) is 0 Å². The van der Waals surface area contributed by atoms with Crippen LogP contribution in [-0.4, -0.2) is 60.1 Å². The molecule has 1 fully saturated rings. The molecule has 1 atom stereocenters. The Hall–Kier alpha value is -1.43. The summed E-state index contributed by atoms with van der Waals surface area (Å²) in [5.41, 5.74) is 0.626. The predicted octanol–water partition coefficient (Wildman–Crippen LogP) is 2.62. The van der Waals surface area contributed by atoms with Gasteiger partial charge in [-0.3, -0.25) is 9.59 Å². The highest BCUT2D eigenvalue weighted by molar-refractivity contribution is 8.01. The van der Waals surface area contributed by atoms with Gasteiger partial charge in [0.1, 0.15) is 0 Å². The number of hydrogen-bond donors (Lipinski definition) is 0. The van der Waals surface area contributed by atoms with Crippen molar-refractivity contribution in [2.24, 2.45) is 0 Å². The number of thiophene rings is 1. The summed E-state index contributed by atoms with van der Waals surface area (Å²) in [6.45, 7) is 2.50. The van der Waals surface area contributed by atoms with E-state index in [1.54, 1.807) is 28.5 Å².